The Labute approximate surface area is 161 Å². The minimum absolute atomic E-state index is 0.687. The summed E-state index contributed by atoms with van der Waals surface area (Å²) in [5, 5.41) is 4.30. The van der Waals surface area contributed by atoms with E-state index in [0.717, 1.165) is 44.1 Å². The molecular weight excluding hydrogens is 340 g/mol. The van der Waals surface area contributed by atoms with Gasteiger partial charge in [-0.2, -0.15) is 5.10 Å². The molecule has 0 atom stereocenters. The van der Waals surface area contributed by atoms with Gasteiger partial charge in [-0.25, -0.2) is 0 Å². The molecule has 1 saturated heterocycles. The molecule has 1 aromatic carbocycles. The van der Waals surface area contributed by atoms with Gasteiger partial charge < -0.3 is 14.4 Å². The van der Waals surface area contributed by atoms with Crippen molar-refractivity contribution in [3.05, 3.63) is 41.7 Å². The molecule has 0 aliphatic carbocycles. The Morgan fingerprint density at radius 3 is 2.41 bits per heavy atom. The van der Waals surface area contributed by atoms with E-state index in [2.05, 4.69) is 27.0 Å². The molecule has 0 unspecified atom stereocenters. The van der Waals surface area contributed by atoms with Gasteiger partial charge in [0.05, 0.1) is 20.8 Å². The largest absolute Gasteiger partial charge is 0.493 e. The molecule has 0 bridgehead atoms. The van der Waals surface area contributed by atoms with E-state index >= 15 is 0 Å². The standard InChI is InChI=1S/C21H30N4O2/c1-26-20-14-17-4-11-24(16-18(17)15-21(20)27-2)19-5-9-23(10-6-19)12-13-25-8-3-7-22-25/h3,7-8,14-15,19H,4-6,9-13,16H2,1-2H3. The SMILES string of the molecule is COc1cc2c(cc1OC)CN(C1CCN(CCn3cccn3)CC1)CC2. The molecule has 0 radical (unpaired) electrons. The second-order valence-corrected chi connectivity index (χ2v) is 7.54. The average molecular weight is 370 g/mol. The number of likely N-dealkylation sites (tertiary alicyclic amines) is 1. The number of nitrogens with zero attached hydrogens (tertiary/aromatic N) is 4. The highest BCUT2D eigenvalue weighted by Crippen LogP contribution is 2.34. The molecule has 0 amide bonds. The summed E-state index contributed by atoms with van der Waals surface area (Å²) >= 11 is 0. The molecular formula is C21H30N4O2. The summed E-state index contributed by atoms with van der Waals surface area (Å²) in [6, 6.07) is 7.00. The quantitative estimate of drug-likeness (QED) is 0.781. The Kier molecular flexibility index (Phi) is 5.64. The van der Waals surface area contributed by atoms with E-state index in [0.29, 0.717) is 6.04 Å². The first-order chi connectivity index (χ1) is 13.3. The fourth-order valence-electron chi connectivity index (χ4n) is 4.40. The lowest BCUT2D eigenvalue weighted by Gasteiger charge is -2.40. The Morgan fingerprint density at radius 2 is 1.74 bits per heavy atom. The van der Waals surface area contributed by atoms with E-state index in [1.165, 1.54) is 37.1 Å². The Morgan fingerprint density at radius 1 is 1.00 bits per heavy atom. The van der Waals surface area contributed by atoms with E-state index in [4.69, 9.17) is 9.47 Å². The lowest BCUT2D eigenvalue weighted by Crippen LogP contribution is -2.47. The van der Waals surface area contributed by atoms with Crippen molar-refractivity contribution >= 4 is 0 Å². The van der Waals surface area contributed by atoms with Gasteiger partial charge in [0, 0.05) is 38.1 Å². The van der Waals surface area contributed by atoms with Crippen LogP contribution in [0.4, 0.5) is 0 Å². The van der Waals surface area contributed by atoms with Crippen LogP contribution in [0.25, 0.3) is 0 Å². The van der Waals surface area contributed by atoms with Gasteiger partial charge in [-0.1, -0.05) is 0 Å². The first kappa shape index (κ1) is 18.3. The number of rotatable bonds is 6. The monoisotopic (exact) mass is 370 g/mol. The van der Waals surface area contributed by atoms with Crippen LogP contribution in [-0.2, 0) is 19.5 Å². The van der Waals surface area contributed by atoms with Crippen LogP contribution in [0.3, 0.4) is 0 Å². The van der Waals surface area contributed by atoms with Crippen LogP contribution in [0.1, 0.15) is 24.0 Å². The van der Waals surface area contributed by atoms with Gasteiger partial charge in [0.2, 0.25) is 0 Å². The van der Waals surface area contributed by atoms with E-state index in [-0.39, 0.29) is 0 Å². The topological polar surface area (TPSA) is 42.8 Å². The molecule has 4 rings (SSSR count). The number of piperidine rings is 1. The van der Waals surface area contributed by atoms with Crippen LogP contribution < -0.4 is 9.47 Å². The number of hydrogen-bond acceptors (Lipinski definition) is 5. The van der Waals surface area contributed by atoms with Crippen LogP contribution in [0.2, 0.25) is 0 Å². The number of hydrogen-bond donors (Lipinski definition) is 0. The molecule has 0 saturated carbocycles. The molecule has 6 heteroatoms. The summed E-state index contributed by atoms with van der Waals surface area (Å²) in [6.07, 6.45) is 7.49. The van der Waals surface area contributed by atoms with Gasteiger partial charge in [0.1, 0.15) is 0 Å². The number of methoxy groups -OCH3 is 2. The molecule has 2 aliphatic heterocycles. The number of ether oxygens (including phenoxy) is 2. The molecule has 0 N–H and O–H groups in total. The zero-order valence-electron chi connectivity index (χ0n) is 16.4. The van der Waals surface area contributed by atoms with Crippen LogP contribution in [0.5, 0.6) is 11.5 Å². The van der Waals surface area contributed by atoms with E-state index < -0.39 is 0 Å². The van der Waals surface area contributed by atoms with Crippen molar-refractivity contribution in [3.63, 3.8) is 0 Å². The predicted octanol–water partition coefficient (Wildman–Crippen LogP) is 2.42. The van der Waals surface area contributed by atoms with Crippen LogP contribution in [0.15, 0.2) is 30.6 Å². The minimum Gasteiger partial charge on any atom is -0.493 e. The second kappa shape index (κ2) is 8.31. The maximum absolute atomic E-state index is 5.50. The maximum atomic E-state index is 5.50. The fourth-order valence-corrected chi connectivity index (χ4v) is 4.40. The first-order valence-electron chi connectivity index (χ1n) is 9.94. The Balaban J connectivity index is 1.32. The zero-order valence-corrected chi connectivity index (χ0v) is 16.4. The molecule has 1 fully saturated rings. The van der Waals surface area contributed by atoms with Crippen molar-refractivity contribution < 1.29 is 9.47 Å². The van der Waals surface area contributed by atoms with E-state index in [1.54, 1.807) is 14.2 Å². The van der Waals surface area contributed by atoms with Crippen molar-refractivity contribution in [3.8, 4) is 11.5 Å². The normalized spacial score (nSPS) is 19.0. The van der Waals surface area contributed by atoms with E-state index in [1.807, 2.05) is 23.1 Å². The molecule has 2 aromatic rings. The highest BCUT2D eigenvalue weighted by Gasteiger charge is 2.28. The van der Waals surface area contributed by atoms with E-state index in [9.17, 15) is 0 Å². The first-order valence-corrected chi connectivity index (χ1v) is 9.94. The van der Waals surface area contributed by atoms with Gasteiger partial charge in [-0.05, 0) is 61.7 Å². The maximum Gasteiger partial charge on any atom is 0.161 e. The summed E-state index contributed by atoms with van der Waals surface area (Å²) in [5.74, 6) is 1.68. The predicted molar refractivity (Wildman–Crippen MR) is 105 cm³/mol. The molecule has 3 heterocycles. The van der Waals surface area contributed by atoms with Crippen molar-refractivity contribution in [1.82, 2.24) is 19.6 Å². The molecule has 6 nitrogen and oxygen atoms in total. The van der Waals surface area contributed by atoms with Crippen molar-refractivity contribution in [2.45, 2.75) is 38.4 Å². The van der Waals surface area contributed by atoms with Gasteiger partial charge >= 0.3 is 0 Å². The molecule has 2 aliphatic rings. The molecule has 1 aromatic heterocycles. The summed E-state index contributed by atoms with van der Waals surface area (Å²) in [7, 11) is 3.42. The second-order valence-electron chi connectivity index (χ2n) is 7.54. The number of benzene rings is 1. The van der Waals surface area contributed by atoms with Crippen molar-refractivity contribution in [2.24, 2.45) is 0 Å². The lowest BCUT2D eigenvalue weighted by atomic mass is 9.95. The lowest BCUT2D eigenvalue weighted by molar-refractivity contribution is 0.0958. The Hall–Kier alpha value is -2.05. The molecule has 0 spiro atoms. The van der Waals surface area contributed by atoms with Gasteiger partial charge in [0.25, 0.3) is 0 Å². The number of aromatic nitrogens is 2. The van der Waals surface area contributed by atoms with Crippen molar-refractivity contribution in [1.29, 1.82) is 0 Å². The Bertz CT molecular complexity index is 739. The van der Waals surface area contributed by atoms with Gasteiger partial charge in [-0.3, -0.25) is 9.58 Å². The van der Waals surface area contributed by atoms with Gasteiger partial charge in [-0.15, -0.1) is 0 Å². The molecule has 146 valence electrons. The van der Waals surface area contributed by atoms with Crippen LogP contribution in [-0.4, -0.2) is 66.0 Å². The van der Waals surface area contributed by atoms with Crippen LogP contribution in [0, 0.1) is 0 Å². The zero-order chi connectivity index (χ0) is 18.6. The molecule has 27 heavy (non-hydrogen) atoms. The van der Waals surface area contributed by atoms with Gasteiger partial charge in [0.15, 0.2) is 11.5 Å². The summed E-state index contributed by atoms with van der Waals surface area (Å²) in [4.78, 5) is 5.24. The highest BCUT2D eigenvalue weighted by molar-refractivity contribution is 5.48. The third-order valence-electron chi connectivity index (χ3n) is 6.03. The highest BCUT2D eigenvalue weighted by atomic mass is 16.5. The third-order valence-corrected chi connectivity index (χ3v) is 6.03. The third kappa shape index (κ3) is 4.12. The van der Waals surface area contributed by atoms with Crippen LogP contribution >= 0.6 is 0 Å². The summed E-state index contributed by atoms with van der Waals surface area (Å²) in [5.41, 5.74) is 2.79. The minimum atomic E-state index is 0.687. The smallest absolute Gasteiger partial charge is 0.161 e. The number of fused-ring (bicyclic) bond motifs is 1. The average Bonchev–Trinajstić information content (AvgIpc) is 3.25. The fraction of sp³-hybridized carbons (Fsp3) is 0.571. The van der Waals surface area contributed by atoms with Crippen molar-refractivity contribution in [2.75, 3.05) is 40.4 Å². The summed E-state index contributed by atoms with van der Waals surface area (Å²) in [6.45, 7) is 6.60. The summed E-state index contributed by atoms with van der Waals surface area (Å²) < 4.78 is 13.0.